The zero-order chi connectivity index (χ0) is 22.8. The molecule has 2 fully saturated rings. The summed E-state index contributed by atoms with van der Waals surface area (Å²) in [6.07, 6.45) is 7.65. The number of likely N-dealkylation sites (tertiary alicyclic amines) is 1. The summed E-state index contributed by atoms with van der Waals surface area (Å²) in [4.78, 5) is 38.7. The molecule has 32 heavy (non-hydrogen) atoms. The van der Waals surface area contributed by atoms with Gasteiger partial charge in [0.1, 0.15) is 0 Å². The molecule has 3 rings (SSSR count). The second-order valence-corrected chi connectivity index (χ2v) is 9.00. The molecule has 7 nitrogen and oxygen atoms in total. The molecule has 1 aliphatic carbocycles. The lowest BCUT2D eigenvalue weighted by molar-refractivity contribution is -0.144. The zero-order valence-corrected chi connectivity index (χ0v) is 19.2. The van der Waals surface area contributed by atoms with E-state index in [1.165, 1.54) is 6.42 Å². The largest absolute Gasteiger partial charge is 0.466 e. The molecular formula is C25H37N3O4. The molecule has 1 saturated carbocycles. The van der Waals surface area contributed by atoms with E-state index in [4.69, 9.17) is 4.74 Å². The van der Waals surface area contributed by atoms with E-state index in [9.17, 15) is 14.4 Å². The number of benzene rings is 1. The Hall–Kier alpha value is -2.41. The van der Waals surface area contributed by atoms with Crippen molar-refractivity contribution in [2.45, 2.75) is 70.3 Å². The van der Waals surface area contributed by atoms with Crippen molar-refractivity contribution in [1.29, 1.82) is 0 Å². The molecule has 7 heteroatoms. The highest BCUT2D eigenvalue weighted by molar-refractivity contribution is 5.95. The van der Waals surface area contributed by atoms with Crippen molar-refractivity contribution in [1.82, 2.24) is 15.5 Å². The fourth-order valence-corrected chi connectivity index (χ4v) is 5.01. The SMILES string of the molecule is CCOC(=O)CC(c1ccccc1)C1CCN(CC(=O)NC(=O)NC2CCCCC2)CC1. The number of rotatable bonds is 8. The summed E-state index contributed by atoms with van der Waals surface area (Å²) in [6, 6.07) is 9.95. The number of piperidine rings is 1. The van der Waals surface area contributed by atoms with Gasteiger partial charge in [0.25, 0.3) is 0 Å². The average Bonchev–Trinajstić information content (AvgIpc) is 2.79. The molecule has 176 valence electrons. The molecule has 1 aliphatic heterocycles. The summed E-state index contributed by atoms with van der Waals surface area (Å²) in [5, 5.41) is 5.41. The number of imide groups is 1. The molecule has 0 radical (unpaired) electrons. The van der Waals surface area contributed by atoms with Crippen molar-refractivity contribution in [3.8, 4) is 0 Å². The predicted molar refractivity (Wildman–Crippen MR) is 123 cm³/mol. The summed E-state index contributed by atoms with van der Waals surface area (Å²) in [6.45, 7) is 3.98. The van der Waals surface area contributed by atoms with Crippen LogP contribution in [0.4, 0.5) is 4.79 Å². The van der Waals surface area contributed by atoms with E-state index in [0.717, 1.165) is 57.2 Å². The van der Waals surface area contributed by atoms with Gasteiger partial charge in [-0.15, -0.1) is 0 Å². The Morgan fingerprint density at radius 2 is 1.72 bits per heavy atom. The van der Waals surface area contributed by atoms with Gasteiger partial charge in [0.05, 0.1) is 19.6 Å². The summed E-state index contributed by atoms with van der Waals surface area (Å²) < 4.78 is 5.21. The molecule has 1 unspecified atom stereocenters. The third-order valence-electron chi connectivity index (χ3n) is 6.68. The van der Waals surface area contributed by atoms with Crippen molar-refractivity contribution in [3.05, 3.63) is 35.9 Å². The number of hydrogen-bond acceptors (Lipinski definition) is 5. The molecule has 3 amide bonds. The Morgan fingerprint density at radius 1 is 1.03 bits per heavy atom. The Labute approximate surface area is 191 Å². The quantitative estimate of drug-likeness (QED) is 0.600. The highest BCUT2D eigenvalue weighted by Gasteiger charge is 2.30. The molecule has 1 heterocycles. The minimum atomic E-state index is -0.379. The highest BCUT2D eigenvalue weighted by atomic mass is 16.5. The van der Waals surface area contributed by atoms with Crippen LogP contribution in [0, 0.1) is 5.92 Å². The first-order valence-electron chi connectivity index (χ1n) is 12.1. The molecule has 0 spiro atoms. The summed E-state index contributed by atoms with van der Waals surface area (Å²) in [5.41, 5.74) is 1.16. The molecule has 2 N–H and O–H groups in total. The highest BCUT2D eigenvalue weighted by Crippen LogP contribution is 2.35. The smallest absolute Gasteiger partial charge is 0.321 e. The number of esters is 1. The molecule has 0 bridgehead atoms. The predicted octanol–water partition coefficient (Wildman–Crippen LogP) is 3.59. The number of urea groups is 1. The first-order valence-corrected chi connectivity index (χ1v) is 12.1. The minimum Gasteiger partial charge on any atom is -0.466 e. The van der Waals surface area contributed by atoms with Crippen LogP contribution in [-0.4, -0.2) is 55.1 Å². The van der Waals surface area contributed by atoms with Gasteiger partial charge in [0.15, 0.2) is 0 Å². The third-order valence-corrected chi connectivity index (χ3v) is 6.68. The topological polar surface area (TPSA) is 87.7 Å². The fourth-order valence-electron chi connectivity index (χ4n) is 5.01. The molecule has 1 aromatic rings. The number of carbonyl (C=O) groups excluding carboxylic acids is 3. The number of hydrogen-bond donors (Lipinski definition) is 2. The maximum atomic E-state index is 12.3. The van der Waals surface area contributed by atoms with Crippen molar-refractivity contribution in [2.75, 3.05) is 26.2 Å². The number of nitrogens with zero attached hydrogens (tertiary/aromatic N) is 1. The molecule has 1 atom stereocenters. The summed E-state index contributed by atoms with van der Waals surface area (Å²) in [5.74, 6) is 0.0539. The van der Waals surface area contributed by atoms with Crippen LogP contribution in [0.5, 0.6) is 0 Å². The van der Waals surface area contributed by atoms with Crippen LogP contribution < -0.4 is 10.6 Å². The molecular weight excluding hydrogens is 406 g/mol. The normalized spacial score (nSPS) is 19.2. The van der Waals surface area contributed by atoms with Gasteiger partial charge in [-0.25, -0.2) is 4.79 Å². The van der Waals surface area contributed by atoms with Gasteiger partial charge in [-0.3, -0.25) is 19.8 Å². The van der Waals surface area contributed by atoms with Crippen molar-refractivity contribution < 1.29 is 19.1 Å². The number of amides is 3. The van der Waals surface area contributed by atoms with E-state index in [1.807, 2.05) is 25.1 Å². The van der Waals surface area contributed by atoms with Crippen LogP contribution in [0.1, 0.15) is 69.8 Å². The van der Waals surface area contributed by atoms with Crippen LogP contribution in [-0.2, 0) is 14.3 Å². The lowest BCUT2D eigenvalue weighted by Crippen LogP contribution is -2.49. The minimum absolute atomic E-state index is 0.118. The van der Waals surface area contributed by atoms with Gasteiger partial charge in [-0.2, -0.15) is 0 Å². The number of nitrogens with one attached hydrogen (secondary N) is 2. The maximum Gasteiger partial charge on any atom is 0.321 e. The van der Waals surface area contributed by atoms with E-state index >= 15 is 0 Å². The summed E-state index contributed by atoms with van der Waals surface area (Å²) >= 11 is 0. The van der Waals surface area contributed by atoms with Gasteiger partial charge in [-0.1, -0.05) is 49.6 Å². The molecule has 1 aromatic carbocycles. The second kappa shape index (κ2) is 12.6. The summed E-state index contributed by atoms with van der Waals surface area (Å²) in [7, 11) is 0. The molecule has 2 aliphatic rings. The first-order chi connectivity index (χ1) is 15.5. The third kappa shape index (κ3) is 7.62. The standard InChI is InChI=1S/C25H37N3O4/c1-2-32-24(30)17-22(19-9-5-3-6-10-19)20-13-15-28(16-14-20)18-23(29)27-25(31)26-21-11-7-4-8-12-21/h3,5-6,9-10,20-22H,2,4,7-8,11-18H2,1H3,(H2,26,27,29,31). The Morgan fingerprint density at radius 3 is 2.38 bits per heavy atom. The van der Waals surface area contributed by atoms with E-state index < -0.39 is 0 Å². The monoisotopic (exact) mass is 443 g/mol. The van der Waals surface area contributed by atoms with E-state index in [-0.39, 0.29) is 36.4 Å². The van der Waals surface area contributed by atoms with Gasteiger partial charge in [0, 0.05) is 6.04 Å². The maximum absolute atomic E-state index is 12.3. The van der Waals surface area contributed by atoms with Gasteiger partial charge < -0.3 is 10.1 Å². The zero-order valence-electron chi connectivity index (χ0n) is 19.2. The van der Waals surface area contributed by atoms with Crippen LogP contribution in [0.2, 0.25) is 0 Å². The number of carbonyl (C=O) groups is 3. The lowest BCUT2D eigenvalue weighted by Gasteiger charge is -2.35. The lowest BCUT2D eigenvalue weighted by atomic mass is 9.78. The van der Waals surface area contributed by atoms with Crippen molar-refractivity contribution in [2.24, 2.45) is 5.92 Å². The van der Waals surface area contributed by atoms with Crippen LogP contribution in [0.3, 0.4) is 0 Å². The Balaban J connectivity index is 1.46. The molecule has 1 saturated heterocycles. The van der Waals surface area contributed by atoms with Crippen molar-refractivity contribution >= 4 is 17.9 Å². The van der Waals surface area contributed by atoms with Crippen molar-refractivity contribution in [3.63, 3.8) is 0 Å². The first kappa shape index (κ1) is 24.2. The van der Waals surface area contributed by atoms with Gasteiger partial charge >= 0.3 is 12.0 Å². The van der Waals surface area contributed by atoms with Gasteiger partial charge in [0.2, 0.25) is 5.91 Å². The Kier molecular flexibility index (Phi) is 9.53. The van der Waals surface area contributed by atoms with E-state index in [2.05, 4.69) is 27.7 Å². The Bertz CT molecular complexity index is 741. The second-order valence-electron chi connectivity index (χ2n) is 9.00. The van der Waals surface area contributed by atoms with E-state index in [0.29, 0.717) is 18.9 Å². The van der Waals surface area contributed by atoms with Crippen LogP contribution >= 0.6 is 0 Å². The number of ether oxygens (including phenoxy) is 1. The van der Waals surface area contributed by atoms with Gasteiger partial charge in [-0.05, 0) is 63.1 Å². The molecule has 0 aromatic heterocycles. The van der Waals surface area contributed by atoms with E-state index in [1.54, 1.807) is 0 Å². The fraction of sp³-hybridized carbons (Fsp3) is 0.640. The van der Waals surface area contributed by atoms with Crippen LogP contribution in [0.25, 0.3) is 0 Å². The average molecular weight is 444 g/mol. The van der Waals surface area contributed by atoms with Crippen LogP contribution in [0.15, 0.2) is 30.3 Å².